The molecule has 0 fully saturated rings. The van der Waals surface area contributed by atoms with E-state index < -0.39 is 21.7 Å². The van der Waals surface area contributed by atoms with E-state index in [1.807, 2.05) is 29.2 Å². The molecule has 1 aromatic rings. The van der Waals surface area contributed by atoms with Gasteiger partial charge in [0.25, 0.3) is 0 Å². The summed E-state index contributed by atoms with van der Waals surface area (Å²) in [6.07, 6.45) is 1.73. The molecule has 104 valence electrons. The Kier molecular flexibility index (Phi) is 3.80. The van der Waals surface area contributed by atoms with Crippen LogP contribution in [0.25, 0.3) is 0 Å². The number of carboxylic acid groups (broad SMARTS) is 1. The molecule has 19 heavy (non-hydrogen) atoms. The molecular weight excluding hydrogens is 266 g/mol. The molecule has 2 rings (SSSR count). The van der Waals surface area contributed by atoms with Crippen molar-refractivity contribution in [3.8, 4) is 0 Å². The topological polar surface area (TPSA) is 74.7 Å². The number of carboxylic acids is 1. The van der Waals surface area contributed by atoms with E-state index in [2.05, 4.69) is 0 Å². The number of sulfone groups is 1. The number of hydrogen-bond acceptors (Lipinski definition) is 4. The average Bonchev–Trinajstić information content (AvgIpc) is 2.67. The van der Waals surface area contributed by atoms with Crippen LogP contribution in [-0.2, 0) is 14.6 Å². The minimum atomic E-state index is -2.97. The van der Waals surface area contributed by atoms with Crippen LogP contribution >= 0.6 is 0 Å². The predicted molar refractivity (Wildman–Crippen MR) is 73.4 cm³/mol. The molecule has 0 aliphatic carbocycles. The van der Waals surface area contributed by atoms with E-state index in [-0.39, 0.29) is 5.75 Å². The van der Waals surface area contributed by atoms with Crippen molar-refractivity contribution in [2.24, 2.45) is 0 Å². The first-order valence-corrected chi connectivity index (χ1v) is 8.19. The number of fused-ring (bicyclic) bond motifs is 1. The Bertz CT molecular complexity index is 582. The Morgan fingerprint density at radius 3 is 2.74 bits per heavy atom. The van der Waals surface area contributed by atoms with E-state index in [0.717, 1.165) is 11.3 Å². The summed E-state index contributed by atoms with van der Waals surface area (Å²) >= 11 is 0. The van der Waals surface area contributed by atoms with Gasteiger partial charge in [-0.05, 0) is 18.1 Å². The van der Waals surface area contributed by atoms with Crippen LogP contribution < -0.4 is 4.90 Å². The van der Waals surface area contributed by atoms with E-state index >= 15 is 0 Å². The van der Waals surface area contributed by atoms with Gasteiger partial charge >= 0.3 is 5.97 Å². The molecule has 0 spiro atoms. The van der Waals surface area contributed by atoms with E-state index in [1.165, 1.54) is 6.26 Å². The highest BCUT2D eigenvalue weighted by atomic mass is 32.2. The highest BCUT2D eigenvalue weighted by Crippen LogP contribution is 2.36. The van der Waals surface area contributed by atoms with Crippen molar-refractivity contribution in [3.05, 3.63) is 29.8 Å². The summed E-state index contributed by atoms with van der Waals surface area (Å²) in [5, 5.41) is 9.21. The van der Waals surface area contributed by atoms with Crippen molar-refractivity contribution in [2.75, 3.05) is 30.0 Å². The Labute approximate surface area is 112 Å². The summed E-state index contributed by atoms with van der Waals surface area (Å²) in [5.74, 6) is -1.23. The minimum absolute atomic E-state index is 0.128. The molecule has 0 saturated heterocycles. The fourth-order valence-corrected chi connectivity index (χ4v) is 3.08. The molecule has 1 aliphatic heterocycles. The maximum Gasteiger partial charge on any atom is 0.312 e. The van der Waals surface area contributed by atoms with Gasteiger partial charge in [0.15, 0.2) is 0 Å². The first kappa shape index (κ1) is 13.9. The molecule has 1 aromatic carbocycles. The molecule has 0 amide bonds. The van der Waals surface area contributed by atoms with Gasteiger partial charge < -0.3 is 10.0 Å². The molecule has 0 aromatic heterocycles. The zero-order chi connectivity index (χ0) is 14.0. The van der Waals surface area contributed by atoms with Gasteiger partial charge in [-0.25, -0.2) is 8.42 Å². The van der Waals surface area contributed by atoms with Crippen LogP contribution in [0.1, 0.15) is 17.9 Å². The normalized spacial score (nSPS) is 18.4. The van der Waals surface area contributed by atoms with E-state index in [4.69, 9.17) is 0 Å². The maximum absolute atomic E-state index is 11.2. The quantitative estimate of drug-likeness (QED) is 0.876. The van der Waals surface area contributed by atoms with Gasteiger partial charge in [-0.1, -0.05) is 18.2 Å². The molecule has 5 nitrogen and oxygen atoms in total. The van der Waals surface area contributed by atoms with Crippen molar-refractivity contribution >= 4 is 21.5 Å². The van der Waals surface area contributed by atoms with Crippen LogP contribution in [0, 0.1) is 0 Å². The maximum atomic E-state index is 11.2. The van der Waals surface area contributed by atoms with E-state index in [9.17, 15) is 18.3 Å². The summed E-state index contributed by atoms with van der Waals surface area (Å²) in [7, 11) is -2.97. The van der Waals surface area contributed by atoms with Crippen LogP contribution in [-0.4, -0.2) is 44.6 Å². The van der Waals surface area contributed by atoms with Crippen LogP contribution in [0.3, 0.4) is 0 Å². The summed E-state index contributed by atoms with van der Waals surface area (Å²) in [6, 6.07) is 7.41. The first-order valence-electron chi connectivity index (χ1n) is 6.13. The third-order valence-electron chi connectivity index (χ3n) is 3.30. The molecular formula is C13H17NO4S. The number of anilines is 1. The van der Waals surface area contributed by atoms with Crippen LogP contribution in [0.2, 0.25) is 0 Å². The lowest BCUT2D eigenvalue weighted by Crippen LogP contribution is -2.26. The lowest BCUT2D eigenvalue weighted by molar-refractivity contribution is -0.138. The highest BCUT2D eigenvalue weighted by Gasteiger charge is 2.32. The van der Waals surface area contributed by atoms with Gasteiger partial charge in [0, 0.05) is 25.0 Å². The lowest BCUT2D eigenvalue weighted by atomic mass is 10.0. The second-order valence-electron chi connectivity index (χ2n) is 4.88. The molecule has 1 unspecified atom stereocenters. The predicted octanol–water partition coefficient (Wildman–Crippen LogP) is 1.11. The number of benzene rings is 1. The lowest BCUT2D eigenvalue weighted by Gasteiger charge is -2.19. The zero-order valence-corrected chi connectivity index (χ0v) is 11.6. The molecule has 6 heteroatoms. The summed E-state index contributed by atoms with van der Waals surface area (Å²) < 4.78 is 22.2. The summed E-state index contributed by atoms with van der Waals surface area (Å²) in [4.78, 5) is 13.2. The van der Waals surface area contributed by atoms with Crippen molar-refractivity contribution < 1.29 is 18.3 Å². The van der Waals surface area contributed by atoms with Gasteiger partial charge in [-0.2, -0.15) is 0 Å². The number of para-hydroxylation sites is 1. The molecule has 0 radical (unpaired) electrons. The molecule has 0 saturated carbocycles. The molecule has 1 N–H and O–H groups in total. The second kappa shape index (κ2) is 5.21. The monoisotopic (exact) mass is 283 g/mol. The smallest absolute Gasteiger partial charge is 0.312 e. The number of aliphatic carboxylic acids is 1. The number of rotatable bonds is 5. The largest absolute Gasteiger partial charge is 0.481 e. The van der Waals surface area contributed by atoms with Crippen LogP contribution in [0.15, 0.2) is 24.3 Å². The molecule has 1 atom stereocenters. The Balaban J connectivity index is 2.10. The Morgan fingerprint density at radius 1 is 1.42 bits per heavy atom. The zero-order valence-electron chi connectivity index (χ0n) is 10.7. The standard InChI is InChI=1S/C13H17NO4S/c1-19(17,18)8-4-7-14-9-11(13(15)16)10-5-2-3-6-12(10)14/h2-3,5-6,11H,4,7-9H2,1H3,(H,15,16). The van der Waals surface area contributed by atoms with Gasteiger partial charge in [-0.3, -0.25) is 4.79 Å². The Morgan fingerprint density at radius 2 is 2.11 bits per heavy atom. The van der Waals surface area contributed by atoms with Gasteiger partial charge in [0.2, 0.25) is 0 Å². The fourth-order valence-electron chi connectivity index (χ4n) is 2.43. The van der Waals surface area contributed by atoms with E-state index in [1.54, 1.807) is 0 Å². The van der Waals surface area contributed by atoms with Crippen LogP contribution in [0.5, 0.6) is 0 Å². The third kappa shape index (κ3) is 3.26. The number of carbonyl (C=O) groups is 1. The number of nitrogens with zero attached hydrogens (tertiary/aromatic N) is 1. The Hall–Kier alpha value is -1.56. The minimum Gasteiger partial charge on any atom is -0.481 e. The van der Waals surface area contributed by atoms with Crippen molar-refractivity contribution in [3.63, 3.8) is 0 Å². The fraction of sp³-hybridized carbons (Fsp3) is 0.462. The summed E-state index contributed by atoms with van der Waals surface area (Å²) in [5.41, 5.74) is 1.72. The van der Waals surface area contributed by atoms with Gasteiger partial charge in [-0.15, -0.1) is 0 Å². The highest BCUT2D eigenvalue weighted by molar-refractivity contribution is 7.90. The number of hydrogen-bond donors (Lipinski definition) is 1. The van der Waals surface area contributed by atoms with E-state index in [0.29, 0.717) is 19.5 Å². The second-order valence-corrected chi connectivity index (χ2v) is 7.14. The third-order valence-corrected chi connectivity index (χ3v) is 4.33. The molecule has 1 heterocycles. The molecule has 0 bridgehead atoms. The van der Waals surface area contributed by atoms with Gasteiger partial charge in [0.1, 0.15) is 15.8 Å². The van der Waals surface area contributed by atoms with Crippen molar-refractivity contribution in [1.29, 1.82) is 0 Å². The average molecular weight is 283 g/mol. The van der Waals surface area contributed by atoms with Crippen molar-refractivity contribution in [2.45, 2.75) is 12.3 Å². The van der Waals surface area contributed by atoms with Gasteiger partial charge in [0.05, 0.1) is 5.75 Å². The molecule has 1 aliphatic rings. The first-order chi connectivity index (χ1) is 8.88. The summed E-state index contributed by atoms with van der Waals surface area (Å²) in [6.45, 7) is 0.978. The SMILES string of the molecule is CS(=O)(=O)CCCN1CC(C(=O)O)c2ccccc21. The van der Waals surface area contributed by atoms with Crippen molar-refractivity contribution in [1.82, 2.24) is 0 Å². The van der Waals surface area contributed by atoms with Crippen LogP contribution in [0.4, 0.5) is 5.69 Å².